The molecule has 1 aliphatic heterocycles. The fourth-order valence-corrected chi connectivity index (χ4v) is 6.21. The molecule has 0 radical (unpaired) electrons. The number of thioether (sulfide) groups is 1. The molecule has 1 N–H and O–H groups in total. The molecule has 0 aromatic rings. The Kier molecular flexibility index (Phi) is 11.3. The second-order valence-corrected chi connectivity index (χ2v) is 11.3. The summed E-state index contributed by atoms with van der Waals surface area (Å²) < 4.78 is 25.5. The minimum absolute atomic E-state index is 0. The van der Waals surface area contributed by atoms with Gasteiger partial charge in [-0.05, 0) is 33.1 Å². The lowest BCUT2D eigenvalue weighted by atomic mass is 9.87. The van der Waals surface area contributed by atoms with Crippen LogP contribution in [0, 0.1) is 0 Å². The van der Waals surface area contributed by atoms with E-state index >= 15 is 0 Å². The summed E-state index contributed by atoms with van der Waals surface area (Å²) in [5, 5.41) is 3.44. The van der Waals surface area contributed by atoms with Crippen molar-refractivity contribution in [1.82, 2.24) is 14.5 Å². The van der Waals surface area contributed by atoms with Crippen LogP contribution in [0.1, 0.15) is 52.4 Å². The van der Waals surface area contributed by atoms with Crippen LogP contribution in [-0.4, -0.2) is 79.6 Å². The fourth-order valence-electron chi connectivity index (χ4n) is 3.79. The number of nitrogens with one attached hydrogen (secondary N) is 1. The Hall–Kier alpha value is 0.260. The molecule has 1 heterocycles. The van der Waals surface area contributed by atoms with E-state index in [-0.39, 0.29) is 29.7 Å². The van der Waals surface area contributed by atoms with Crippen LogP contribution in [0.5, 0.6) is 0 Å². The Bertz CT molecular complexity index is 560. The van der Waals surface area contributed by atoms with Crippen LogP contribution < -0.4 is 5.32 Å². The minimum atomic E-state index is -3.09. The van der Waals surface area contributed by atoms with E-state index in [1.807, 2.05) is 0 Å². The van der Waals surface area contributed by atoms with Gasteiger partial charge in [-0.15, -0.1) is 24.0 Å². The van der Waals surface area contributed by atoms with Gasteiger partial charge in [-0.1, -0.05) is 19.3 Å². The van der Waals surface area contributed by atoms with E-state index in [1.54, 1.807) is 14.0 Å². The van der Waals surface area contributed by atoms with Crippen LogP contribution in [0.3, 0.4) is 0 Å². The maximum absolute atomic E-state index is 11.8. The third-order valence-corrected chi connectivity index (χ3v) is 8.78. The van der Waals surface area contributed by atoms with Crippen molar-refractivity contribution in [3.63, 3.8) is 0 Å². The number of halogens is 1. The molecule has 2 fully saturated rings. The van der Waals surface area contributed by atoms with E-state index in [0.717, 1.165) is 32.0 Å². The largest absolute Gasteiger partial charge is 0.357 e. The van der Waals surface area contributed by atoms with Crippen molar-refractivity contribution in [1.29, 1.82) is 0 Å². The molecule has 2 aliphatic rings. The van der Waals surface area contributed by atoms with Crippen molar-refractivity contribution in [3.8, 4) is 0 Å². The molecule has 1 spiro atoms. The number of guanidine groups is 1. The Morgan fingerprint density at radius 3 is 2.59 bits per heavy atom. The molecule has 0 unspecified atom stereocenters. The smallest absolute Gasteiger partial charge is 0.213 e. The van der Waals surface area contributed by atoms with E-state index in [1.165, 1.54) is 42.2 Å². The van der Waals surface area contributed by atoms with Gasteiger partial charge in [-0.3, -0.25) is 4.99 Å². The Labute approximate surface area is 187 Å². The van der Waals surface area contributed by atoms with Gasteiger partial charge in [0.15, 0.2) is 5.96 Å². The van der Waals surface area contributed by atoms with Gasteiger partial charge >= 0.3 is 0 Å². The number of aliphatic imine (C=N–C) groups is 1. The molecule has 160 valence electrons. The minimum Gasteiger partial charge on any atom is -0.357 e. The second-order valence-electron chi connectivity index (χ2n) is 7.32. The monoisotopic (exact) mass is 532 g/mol. The summed E-state index contributed by atoms with van der Waals surface area (Å²) in [5.41, 5.74) is 0. The standard InChI is InChI=1S/C18H36N4O2S2.HI/c1-4-19-17(20-12-9-13-21(3)26(23,24)5-2)22-14-15-25-18(16-22)10-7-6-8-11-18;/h4-16H2,1-3H3,(H,19,20);1H. The van der Waals surface area contributed by atoms with Crippen molar-refractivity contribution in [2.75, 3.05) is 51.3 Å². The SMILES string of the molecule is CCNC(=NCCCN(C)S(=O)(=O)CC)N1CCSC2(CCCCC2)C1.I. The van der Waals surface area contributed by atoms with Crippen molar-refractivity contribution in [2.45, 2.75) is 57.1 Å². The van der Waals surface area contributed by atoms with Crippen molar-refractivity contribution in [2.24, 2.45) is 4.99 Å². The zero-order valence-electron chi connectivity index (χ0n) is 17.1. The normalized spacial score (nSPS) is 20.6. The number of nitrogens with zero attached hydrogens (tertiary/aromatic N) is 3. The van der Waals surface area contributed by atoms with Crippen LogP contribution >= 0.6 is 35.7 Å². The van der Waals surface area contributed by atoms with E-state index in [9.17, 15) is 8.42 Å². The number of rotatable bonds is 7. The quantitative estimate of drug-likeness (QED) is 0.237. The highest BCUT2D eigenvalue weighted by Crippen LogP contribution is 2.42. The Morgan fingerprint density at radius 2 is 1.96 bits per heavy atom. The maximum Gasteiger partial charge on any atom is 0.213 e. The molecule has 9 heteroatoms. The first-order valence-electron chi connectivity index (χ1n) is 10.0. The lowest BCUT2D eigenvalue weighted by Crippen LogP contribution is -2.53. The molecule has 0 bridgehead atoms. The lowest BCUT2D eigenvalue weighted by Gasteiger charge is -2.45. The van der Waals surface area contributed by atoms with Gasteiger partial charge in [0.25, 0.3) is 0 Å². The predicted molar refractivity (Wildman–Crippen MR) is 128 cm³/mol. The number of sulfonamides is 1. The van der Waals surface area contributed by atoms with Gasteiger partial charge < -0.3 is 10.2 Å². The highest BCUT2D eigenvalue weighted by atomic mass is 127. The fraction of sp³-hybridized carbons (Fsp3) is 0.944. The zero-order chi connectivity index (χ0) is 19.0. The molecule has 27 heavy (non-hydrogen) atoms. The average Bonchev–Trinajstić information content (AvgIpc) is 2.64. The van der Waals surface area contributed by atoms with Crippen LogP contribution in [0.25, 0.3) is 0 Å². The van der Waals surface area contributed by atoms with E-state index in [4.69, 9.17) is 4.99 Å². The molecule has 1 aliphatic carbocycles. The first-order valence-corrected chi connectivity index (χ1v) is 12.6. The van der Waals surface area contributed by atoms with Gasteiger partial charge in [0.05, 0.1) is 5.75 Å². The topological polar surface area (TPSA) is 65.0 Å². The van der Waals surface area contributed by atoms with Crippen molar-refractivity contribution in [3.05, 3.63) is 0 Å². The summed E-state index contributed by atoms with van der Waals surface area (Å²) in [6.45, 7) is 7.96. The van der Waals surface area contributed by atoms with E-state index in [2.05, 4.69) is 28.9 Å². The third-order valence-electron chi connectivity index (χ3n) is 5.38. The molecule has 0 amide bonds. The third kappa shape index (κ3) is 7.54. The van der Waals surface area contributed by atoms with Crippen LogP contribution in [0.2, 0.25) is 0 Å². The number of hydrogen-bond acceptors (Lipinski definition) is 4. The summed E-state index contributed by atoms with van der Waals surface area (Å²) in [5.74, 6) is 2.32. The van der Waals surface area contributed by atoms with Gasteiger partial charge in [0, 0.05) is 50.3 Å². The molecular weight excluding hydrogens is 495 g/mol. The molecular formula is C18H37IN4O2S2. The van der Waals surface area contributed by atoms with Crippen LogP contribution in [-0.2, 0) is 10.0 Å². The summed E-state index contributed by atoms with van der Waals surface area (Å²) in [6, 6.07) is 0. The molecule has 0 aromatic carbocycles. The highest BCUT2D eigenvalue weighted by Gasteiger charge is 2.38. The Balaban J connectivity index is 0.00000364. The first-order chi connectivity index (χ1) is 12.4. The maximum atomic E-state index is 11.8. The van der Waals surface area contributed by atoms with Crippen LogP contribution in [0.4, 0.5) is 0 Å². The first kappa shape index (κ1) is 25.3. The summed E-state index contributed by atoms with van der Waals surface area (Å²) >= 11 is 2.17. The summed E-state index contributed by atoms with van der Waals surface area (Å²) in [7, 11) is -1.44. The molecule has 6 nitrogen and oxygen atoms in total. The van der Waals surface area contributed by atoms with E-state index < -0.39 is 10.0 Å². The molecule has 2 rings (SSSR count). The lowest BCUT2D eigenvalue weighted by molar-refractivity contribution is 0.293. The molecule has 0 atom stereocenters. The van der Waals surface area contributed by atoms with Gasteiger partial charge in [0.1, 0.15) is 0 Å². The predicted octanol–water partition coefficient (Wildman–Crippen LogP) is 2.99. The summed E-state index contributed by atoms with van der Waals surface area (Å²) in [4.78, 5) is 7.22. The van der Waals surface area contributed by atoms with Gasteiger partial charge in [-0.2, -0.15) is 11.8 Å². The Morgan fingerprint density at radius 1 is 1.26 bits per heavy atom. The van der Waals surface area contributed by atoms with Crippen molar-refractivity contribution >= 4 is 51.7 Å². The molecule has 0 aromatic heterocycles. The summed E-state index contributed by atoms with van der Waals surface area (Å²) in [6.07, 6.45) is 7.49. The van der Waals surface area contributed by atoms with Gasteiger partial charge in [0.2, 0.25) is 10.0 Å². The van der Waals surface area contributed by atoms with E-state index in [0.29, 0.717) is 17.8 Å². The number of hydrogen-bond donors (Lipinski definition) is 1. The van der Waals surface area contributed by atoms with Gasteiger partial charge in [-0.25, -0.2) is 12.7 Å². The highest BCUT2D eigenvalue weighted by molar-refractivity contribution is 14.0. The van der Waals surface area contributed by atoms with Crippen LogP contribution in [0.15, 0.2) is 4.99 Å². The second kappa shape index (κ2) is 12.1. The van der Waals surface area contributed by atoms with Crippen molar-refractivity contribution < 1.29 is 8.42 Å². The zero-order valence-corrected chi connectivity index (χ0v) is 21.0. The molecule has 1 saturated heterocycles. The molecule has 1 saturated carbocycles. The average molecular weight is 533 g/mol.